The summed E-state index contributed by atoms with van der Waals surface area (Å²) in [5.41, 5.74) is 3.46. The normalized spacial score (nSPS) is 14.8. The fraction of sp³-hybridized carbons (Fsp3) is 0.364. The van der Waals surface area contributed by atoms with Crippen molar-refractivity contribution in [3.8, 4) is 11.3 Å². The molecule has 0 saturated heterocycles. The van der Waals surface area contributed by atoms with Crippen molar-refractivity contribution in [2.24, 2.45) is 5.92 Å². The number of nitrogens with zero attached hydrogens (tertiary/aromatic N) is 3. The van der Waals surface area contributed by atoms with Crippen LogP contribution in [-0.2, 0) is 4.79 Å². The fourth-order valence-corrected chi connectivity index (χ4v) is 3.28. The highest BCUT2D eigenvalue weighted by Gasteiger charge is 2.29. The SMILES string of the molecule is CCCC(O)c1cc(C)c(-c2cc3cnc(NC(=O)C4CC4)cc3cn2)cn1. The van der Waals surface area contributed by atoms with E-state index in [9.17, 15) is 9.90 Å². The maximum absolute atomic E-state index is 11.9. The van der Waals surface area contributed by atoms with Crippen LogP contribution in [0.25, 0.3) is 22.0 Å². The van der Waals surface area contributed by atoms with Crippen LogP contribution in [0.15, 0.2) is 36.8 Å². The number of nitrogens with one attached hydrogen (secondary N) is 1. The number of hydrogen-bond donors (Lipinski definition) is 2. The molecule has 1 aliphatic carbocycles. The van der Waals surface area contributed by atoms with Crippen LogP contribution in [0.1, 0.15) is 50.0 Å². The van der Waals surface area contributed by atoms with Gasteiger partial charge in [-0.2, -0.15) is 0 Å². The van der Waals surface area contributed by atoms with Gasteiger partial charge in [-0.3, -0.25) is 14.8 Å². The lowest BCUT2D eigenvalue weighted by molar-refractivity contribution is -0.117. The third kappa shape index (κ3) is 3.87. The average molecular weight is 376 g/mol. The topological polar surface area (TPSA) is 88.0 Å². The summed E-state index contributed by atoms with van der Waals surface area (Å²) in [5, 5.41) is 14.9. The van der Waals surface area contributed by atoms with E-state index in [4.69, 9.17) is 0 Å². The summed E-state index contributed by atoms with van der Waals surface area (Å²) >= 11 is 0. The summed E-state index contributed by atoms with van der Waals surface area (Å²) in [7, 11) is 0. The minimum absolute atomic E-state index is 0.0449. The zero-order chi connectivity index (χ0) is 19.7. The Hall–Kier alpha value is -2.86. The Morgan fingerprint density at radius 1 is 1.14 bits per heavy atom. The summed E-state index contributed by atoms with van der Waals surface area (Å²) in [5.74, 6) is 0.752. The molecule has 3 heterocycles. The van der Waals surface area contributed by atoms with Crippen molar-refractivity contribution in [2.45, 2.75) is 45.6 Å². The van der Waals surface area contributed by atoms with Gasteiger partial charge in [0, 0.05) is 40.8 Å². The standard InChI is InChI=1S/C22H24N4O2/c1-3-4-20(27)19-7-13(2)17(12-24-19)18-8-15-11-25-21(9-16(15)10-23-18)26-22(28)14-5-6-14/h7-12,14,20,27H,3-6H2,1-2H3,(H,25,26,28). The van der Waals surface area contributed by atoms with Gasteiger partial charge in [0.1, 0.15) is 5.82 Å². The molecule has 1 saturated carbocycles. The van der Waals surface area contributed by atoms with E-state index in [-0.39, 0.29) is 11.8 Å². The highest BCUT2D eigenvalue weighted by atomic mass is 16.3. The first-order valence-electron chi connectivity index (χ1n) is 9.77. The van der Waals surface area contributed by atoms with Crippen LogP contribution in [0.2, 0.25) is 0 Å². The minimum Gasteiger partial charge on any atom is -0.387 e. The van der Waals surface area contributed by atoms with Gasteiger partial charge >= 0.3 is 0 Å². The number of fused-ring (bicyclic) bond motifs is 1. The maximum Gasteiger partial charge on any atom is 0.228 e. The molecule has 3 aromatic rings. The highest BCUT2D eigenvalue weighted by molar-refractivity contribution is 5.95. The summed E-state index contributed by atoms with van der Waals surface area (Å²) in [4.78, 5) is 25.3. The van der Waals surface area contributed by atoms with E-state index in [2.05, 4.69) is 20.3 Å². The van der Waals surface area contributed by atoms with Crippen molar-refractivity contribution in [3.63, 3.8) is 0 Å². The number of pyridine rings is 3. The van der Waals surface area contributed by atoms with Crippen LogP contribution < -0.4 is 5.32 Å². The van der Waals surface area contributed by atoms with Crippen LogP contribution in [-0.4, -0.2) is 26.0 Å². The summed E-state index contributed by atoms with van der Waals surface area (Å²) in [6.45, 7) is 4.04. The minimum atomic E-state index is -0.532. The van der Waals surface area contributed by atoms with Gasteiger partial charge in [-0.15, -0.1) is 0 Å². The monoisotopic (exact) mass is 376 g/mol. The van der Waals surface area contributed by atoms with E-state index < -0.39 is 6.10 Å². The van der Waals surface area contributed by atoms with E-state index in [0.29, 0.717) is 17.9 Å². The molecule has 144 valence electrons. The molecule has 0 bridgehead atoms. The second kappa shape index (κ2) is 7.64. The lowest BCUT2D eigenvalue weighted by atomic mass is 10.0. The third-order valence-electron chi connectivity index (χ3n) is 5.11. The number of aliphatic hydroxyl groups excluding tert-OH is 1. The molecule has 1 amide bonds. The molecule has 0 spiro atoms. The molecule has 1 atom stereocenters. The van der Waals surface area contributed by atoms with Crippen molar-refractivity contribution in [2.75, 3.05) is 5.32 Å². The molecule has 28 heavy (non-hydrogen) atoms. The zero-order valence-corrected chi connectivity index (χ0v) is 16.1. The Morgan fingerprint density at radius 2 is 1.89 bits per heavy atom. The fourth-order valence-electron chi connectivity index (χ4n) is 3.28. The lowest BCUT2D eigenvalue weighted by Crippen LogP contribution is -2.14. The number of amides is 1. The smallest absolute Gasteiger partial charge is 0.228 e. The molecule has 0 aliphatic heterocycles. The number of carbonyl (C=O) groups is 1. The molecule has 3 aromatic heterocycles. The van der Waals surface area contributed by atoms with Crippen LogP contribution in [0.4, 0.5) is 5.82 Å². The molecule has 1 unspecified atom stereocenters. The Morgan fingerprint density at radius 3 is 2.61 bits per heavy atom. The van der Waals surface area contributed by atoms with Gasteiger partial charge < -0.3 is 10.4 Å². The Labute approximate surface area is 164 Å². The molecule has 6 nitrogen and oxygen atoms in total. The third-order valence-corrected chi connectivity index (χ3v) is 5.11. The largest absolute Gasteiger partial charge is 0.387 e. The molecular weight excluding hydrogens is 352 g/mol. The molecule has 6 heteroatoms. The Balaban J connectivity index is 1.59. The second-order valence-electron chi connectivity index (χ2n) is 7.48. The maximum atomic E-state index is 11.9. The number of anilines is 1. The number of carbonyl (C=O) groups excluding carboxylic acids is 1. The van der Waals surface area contributed by atoms with Gasteiger partial charge in [-0.25, -0.2) is 4.98 Å². The van der Waals surface area contributed by atoms with Crippen molar-refractivity contribution >= 4 is 22.5 Å². The first-order chi connectivity index (χ1) is 13.5. The van der Waals surface area contributed by atoms with E-state index in [1.165, 1.54) is 0 Å². The van der Waals surface area contributed by atoms with E-state index in [1.54, 1.807) is 18.6 Å². The molecule has 1 fully saturated rings. The number of rotatable bonds is 6. The Bertz CT molecular complexity index is 1030. The van der Waals surface area contributed by atoms with Gasteiger partial charge in [0.2, 0.25) is 5.91 Å². The quantitative estimate of drug-likeness (QED) is 0.674. The van der Waals surface area contributed by atoms with E-state index in [0.717, 1.165) is 46.9 Å². The molecule has 0 aromatic carbocycles. The predicted molar refractivity (Wildman–Crippen MR) is 109 cm³/mol. The van der Waals surface area contributed by atoms with E-state index >= 15 is 0 Å². The summed E-state index contributed by atoms with van der Waals surface area (Å²) in [6.07, 6.45) is 8.32. The number of aryl methyl sites for hydroxylation is 1. The highest BCUT2D eigenvalue weighted by Crippen LogP contribution is 2.31. The molecule has 0 radical (unpaired) electrons. The first-order valence-corrected chi connectivity index (χ1v) is 9.77. The van der Waals surface area contributed by atoms with E-state index in [1.807, 2.05) is 32.0 Å². The van der Waals surface area contributed by atoms with Crippen LogP contribution in [0.3, 0.4) is 0 Å². The summed E-state index contributed by atoms with van der Waals surface area (Å²) < 4.78 is 0. The Kier molecular flexibility index (Phi) is 5.05. The molecule has 4 rings (SSSR count). The van der Waals surface area contributed by atoms with Gasteiger partial charge in [0.05, 0.1) is 17.5 Å². The second-order valence-corrected chi connectivity index (χ2v) is 7.48. The number of hydrogen-bond acceptors (Lipinski definition) is 5. The zero-order valence-electron chi connectivity index (χ0n) is 16.1. The van der Waals surface area contributed by atoms with Crippen LogP contribution in [0, 0.1) is 12.8 Å². The van der Waals surface area contributed by atoms with Crippen molar-refractivity contribution in [3.05, 3.63) is 48.0 Å². The predicted octanol–water partition coefficient (Wildman–Crippen LogP) is 4.18. The van der Waals surface area contributed by atoms with Gasteiger partial charge in [-0.1, -0.05) is 13.3 Å². The van der Waals surface area contributed by atoms with Crippen molar-refractivity contribution in [1.82, 2.24) is 15.0 Å². The molecule has 1 aliphatic rings. The number of aromatic nitrogens is 3. The van der Waals surface area contributed by atoms with Crippen LogP contribution in [0.5, 0.6) is 0 Å². The summed E-state index contributed by atoms with van der Waals surface area (Å²) in [6, 6.07) is 5.75. The first kappa shape index (κ1) is 18.5. The lowest BCUT2D eigenvalue weighted by Gasteiger charge is -2.12. The van der Waals surface area contributed by atoms with Gasteiger partial charge in [0.15, 0.2) is 0 Å². The van der Waals surface area contributed by atoms with Gasteiger partial charge in [0.25, 0.3) is 0 Å². The molecule has 2 N–H and O–H groups in total. The van der Waals surface area contributed by atoms with Crippen LogP contribution >= 0.6 is 0 Å². The average Bonchev–Trinajstić information content (AvgIpc) is 3.53. The number of aliphatic hydroxyl groups is 1. The van der Waals surface area contributed by atoms with Gasteiger partial charge in [-0.05, 0) is 49.9 Å². The van der Waals surface area contributed by atoms with Crippen molar-refractivity contribution < 1.29 is 9.90 Å². The molecular formula is C22H24N4O2. The van der Waals surface area contributed by atoms with Crippen molar-refractivity contribution in [1.29, 1.82) is 0 Å².